The molecule has 1 aromatic rings. The smallest absolute Gasteiger partial charge is 0.123 e. The minimum absolute atomic E-state index is 0.162. The van der Waals surface area contributed by atoms with Crippen LogP contribution in [0.4, 0.5) is 4.39 Å². The minimum atomic E-state index is -0.162. The number of hydrogen-bond donors (Lipinski definition) is 1. The van der Waals surface area contributed by atoms with Crippen LogP contribution in [0, 0.1) is 12.7 Å². The molecule has 1 atom stereocenters. The Kier molecular flexibility index (Phi) is 6.91. The van der Waals surface area contributed by atoms with Gasteiger partial charge in [-0.2, -0.15) is 0 Å². The molecule has 18 heavy (non-hydrogen) atoms. The molecule has 102 valence electrons. The summed E-state index contributed by atoms with van der Waals surface area (Å²) in [5.41, 5.74) is 1.98. The Morgan fingerprint density at radius 1 is 1.28 bits per heavy atom. The highest BCUT2D eigenvalue weighted by molar-refractivity contribution is 5.26. The SMILES string of the molecule is CCCNC(CCOCC)c1cc(C)cc(F)c1. The van der Waals surface area contributed by atoms with Crippen LogP contribution in [0.3, 0.4) is 0 Å². The molecule has 1 aromatic carbocycles. The number of hydrogen-bond acceptors (Lipinski definition) is 2. The van der Waals surface area contributed by atoms with E-state index >= 15 is 0 Å². The predicted molar refractivity (Wildman–Crippen MR) is 73.3 cm³/mol. The Morgan fingerprint density at radius 2 is 2.06 bits per heavy atom. The molecule has 0 saturated heterocycles. The van der Waals surface area contributed by atoms with Gasteiger partial charge in [0.25, 0.3) is 0 Å². The fraction of sp³-hybridized carbons (Fsp3) is 0.600. The zero-order valence-electron chi connectivity index (χ0n) is 11.6. The summed E-state index contributed by atoms with van der Waals surface area (Å²) in [6.45, 7) is 8.40. The first-order chi connectivity index (χ1) is 8.67. The van der Waals surface area contributed by atoms with Gasteiger partial charge in [0.1, 0.15) is 5.82 Å². The minimum Gasteiger partial charge on any atom is -0.382 e. The zero-order valence-corrected chi connectivity index (χ0v) is 11.6. The maximum absolute atomic E-state index is 13.4. The van der Waals surface area contributed by atoms with Gasteiger partial charge in [-0.15, -0.1) is 0 Å². The van der Waals surface area contributed by atoms with Crippen LogP contribution in [0.2, 0.25) is 0 Å². The summed E-state index contributed by atoms with van der Waals surface area (Å²) in [6.07, 6.45) is 1.94. The summed E-state index contributed by atoms with van der Waals surface area (Å²) in [7, 11) is 0. The highest BCUT2D eigenvalue weighted by Crippen LogP contribution is 2.20. The Hall–Kier alpha value is -0.930. The molecule has 0 fully saturated rings. The molecule has 0 aliphatic heterocycles. The maximum Gasteiger partial charge on any atom is 0.123 e. The van der Waals surface area contributed by atoms with Gasteiger partial charge < -0.3 is 10.1 Å². The third-order valence-electron chi connectivity index (χ3n) is 2.86. The van der Waals surface area contributed by atoms with Crippen LogP contribution < -0.4 is 5.32 Å². The topological polar surface area (TPSA) is 21.3 Å². The van der Waals surface area contributed by atoms with Gasteiger partial charge in [0.2, 0.25) is 0 Å². The second-order valence-electron chi connectivity index (χ2n) is 4.55. The van der Waals surface area contributed by atoms with Crippen LogP contribution in [0.15, 0.2) is 18.2 Å². The standard InChI is InChI=1S/C15H24FNO/c1-4-7-17-15(6-8-18-5-2)13-9-12(3)10-14(16)11-13/h9-11,15,17H,4-8H2,1-3H3. The third kappa shape index (κ3) is 5.15. The molecule has 0 saturated carbocycles. The van der Waals surface area contributed by atoms with E-state index in [0.29, 0.717) is 6.61 Å². The molecule has 0 amide bonds. The lowest BCUT2D eigenvalue weighted by Crippen LogP contribution is -2.23. The number of halogens is 1. The highest BCUT2D eigenvalue weighted by Gasteiger charge is 2.12. The quantitative estimate of drug-likeness (QED) is 0.715. The Bertz CT molecular complexity index is 334. The van der Waals surface area contributed by atoms with Crippen molar-refractivity contribution >= 4 is 0 Å². The largest absolute Gasteiger partial charge is 0.382 e. The Balaban J connectivity index is 2.72. The average molecular weight is 253 g/mol. The van der Waals surface area contributed by atoms with Crippen LogP contribution in [0.5, 0.6) is 0 Å². The van der Waals surface area contributed by atoms with Gasteiger partial charge in [-0.1, -0.05) is 13.0 Å². The molecule has 0 bridgehead atoms. The van der Waals surface area contributed by atoms with E-state index in [9.17, 15) is 4.39 Å². The van der Waals surface area contributed by atoms with Gasteiger partial charge in [-0.3, -0.25) is 0 Å². The third-order valence-corrected chi connectivity index (χ3v) is 2.86. The summed E-state index contributed by atoms with van der Waals surface area (Å²) in [6, 6.07) is 5.39. The number of nitrogens with one attached hydrogen (secondary N) is 1. The van der Waals surface area contributed by atoms with Crippen molar-refractivity contribution in [2.45, 2.75) is 39.7 Å². The molecule has 0 spiro atoms. The maximum atomic E-state index is 13.4. The first-order valence-corrected chi connectivity index (χ1v) is 6.75. The van der Waals surface area contributed by atoms with Crippen molar-refractivity contribution in [2.24, 2.45) is 0 Å². The van der Waals surface area contributed by atoms with Crippen LogP contribution in [-0.4, -0.2) is 19.8 Å². The first-order valence-electron chi connectivity index (χ1n) is 6.75. The molecule has 1 unspecified atom stereocenters. The van der Waals surface area contributed by atoms with Crippen molar-refractivity contribution in [2.75, 3.05) is 19.8 Å². The number of aryl methyl sites for hydroxylation is 1. The summed E-state index contributed by atoms with van der Waals surface area (Å²) in [5.74, 6) is -0.162. The van der Waals surface area contributed by atoms with E-state index in [-0.39, 0.29) is 11.9 Å². The van der Waals surface area contributed by atoms with Crippen LogP contribution >= 0.6 is 0 Å². The number of benzene rings is 1. The molecule has 2 nitrogen and oxygen atoms in total. The van der Waals surface area contributed by atoms with Gasteiger partial charge in [0, 0.05) is 19.3 Å². The summed E-state index contributed by atoms with van der Waals surface area (Å²) >= 11 is 0. The molecular formula is C15H24FNO. The monoisotopic (exact) mass is 253 g/mol. The second kappa shape index (κ2) is 8.22. The predicted octanol–water partition coefficient (Wildman–Crippen LogP) is 3.60. The van der Waals surface area contributed by atoms with Gasteiger partial charge in [-0.05, 0) is 56.5 Å². The molecule has 0 aromatic heterocycles. The average Bonchev–Trinajstić information content (AvgIpc) is 2.32. The highest BCUT2D eigenvalue weighted by atomic mass is 19.1. The molecule has 0 aliphatic rings. The normalized spacial score (nSPS) is 12.7. The van der Waals surface area contributed by atoms with Crippen LogP contribution in [0.1, 0.15) is 43.9 Å². The van der Waals surface area contributed by atoms with Crippen molar-refractivity contribution in [3.63, 3.8) is 0 Å². The van der Waals surface area contributed by atoms with Crippen LogP contribution in [0.25, 0.3) is 0 Å². The number of ether oxygens (including phenoxy) is 1. The lowest BCUT2D eigenvalue weighted by atomic mass is 10.0. The molecule has 0 heterocycles. The fourth-order valence-electron chi connectivity index (χ4n) is 2.02. The second-order valence-corrected chi connectivity index (χ2v) is 4.55. The van der Waals surface area contributed by atoms with E-state index in [4.69, 9.17) is 4.74 Å². The van der Waals surface area contributed by atoms with E-state index in [1.807, 2.05) is 19.9 Å². The van der Waals surface area contributed by atoms with E-state index in [2.05, 4.69) is 12.2 Å². The van der Waals surface area contributed by atoms with Gasteiger partial charge in [0.15, 0.2) is 0 Å². The lowest BCUT2D eigenvalue weighted by Gasteiger charge is -2.19. The van der Waals surface area contributed by atoms with E-state index in [1.165, 1.54) is 0 Å². The Morgan fingerprint density at radius 3 is 2.67 bits per heavy atom. The first kappa shape index (κ1) is 15.1. The molecule has 1 rings (SSSR count). The van der Waals surface area contributed by atoms with Crippen molar-refractivity contribution < 1.29 is 9.13 Å². The van der Waals surface area contributed by atoms with E-state index in [0.717, 1.165) is 37.1 Å². The molecular weight excluding hydrogens is 229 g/mol. The van der Waals surface area contributed by atoms with E-state index in [1.54, 1.807) is 12.1 Å². The van der Waals surface area contributed by atoms with Crippen molar-refractivity contribution in [1.82, 2.24) is 5.32 Å². The van der Waals surface area contributed by atoms with E-state index < -0.39 is 0 Å². The van der Waals surface area contributed by atoms with Crippen molar-refractivity contribution in [3.8, 4) is 0 Å². The fourth-order valence-corrected chi connectivity index (χ4v) is 2.02. The van der Waals surface area contributed by atoms with Crippen LogP contribution in [-0.2, 0) is 4.74 Å². The lowest BCUT2D eigenvalue weighted by molar-refractivity contribution is 0.136. The molecule has 0 radical (unpaired) electrons. The number of rotatable bonds is 8. The van der Waals surface area contributed by atoms with Gasteiger partial charge in [0.05, 0.1) is 0 Å². The summed E-state index contributed by atoms with van der Waals surface area (Å²) in [4.78, 5) is 0. The molecule has 3 heteroatoms. The van der Waals surface area contributed by atoms with Crippen molar-refractivity contribution in [3.05, 3.63) is 35.1 Å². The zero-order chi connectivity index (χ0) is 13.4. The van der Waals surface area contributed by atoms with Gasteiger partial charge in [-0.25, -0.2) is 4.39 Å². The summed E-state index contributed by atoms with van der Waals surface area (Å²) < 4.78 is 18.8. The molecule has 0 aliphatic carbocycles. The summed E-state index contributed by atoms with van der Waals surface area (Å²) in [5, 5.41) is 3.45. The van der Waals surface area contributed by atoms with Crippen molar-refractivity contribution in [1.29, 1.82) is 0 Å². The van der Waals surface area contributed by atoms with Gasteiger partial charge >= 0.3 is 0 Å². The molecule has 1 N–H and O–H groups in total. The Labute approximate surface area is 110 Å².